The molecule has 2 atom stereocenters. The van der Waals surface area contributed by atoms with Gasteiger partial charge in [-0.05, 0) is 51.6 Å². The summed E-state index contributed by atoms with van der Waals surface area (Å²) in [4.78, 5) is 2.65. The molecule has 3 nitrogen and oxygen atoms in total. The topological polar surface area (TPSA) is 35.5 Å². The highest BCUT2D eigenvalue weighted by Gasteiger charge is 2.34. The van der Waals surface area contributed by atoms with E-state index < -0.39 is 0 Å². The Bertz CT molecular complexity index is 222. The van der Waals surface area contributed by atoms with Crippen LogP contribution in [-0.2, 0) is 0 Å². The van der Waals surface area contributed by atoms with Crippen molar-refractivity contribution in [3.05, 3.63) is 0 Å². The summed E-state index contributed by atoms with van der Waals surface area (Å²) in [5, 5.41) is 13.1. The van der Waals surface area contributed by atoms with Gasteiger partial charge in [0, 0.05) is 18.1 Å². The van der Waals surface area contributed by atoms with Crippen molar-refractivity contribution in [3.63, 3.8) is 0 Å². The van der Waals surface area contributed by atoms with Gasteiger partial charge in [0.2, 0.25) is 0 Å². The van der Waals surface area contributed by atoms with Gasteiger partial charge in [-0.1, -0.05) is 0 Å². The number of hydrogen-bond acceptors (Lipinski definition) is 3. The third kappa shape index (κ3) is 2.19. The first-order valence-corrected chi connectivity index (χ1v) is 6.51. The molecule has 1 saturated heterocycles. The van der Waals surface area contributed by atoms with Crippen molar-refractivity contribution >= 4 is 0 Å². The van der Waals surface area contributed by atoms with E-state index in [1.165, 1.54) is 45.2 Å². The summed E-state index contributed by atoms with van der Waals surface area (Å²) in [7, 11) is 0. The first-order valence-electron chi connectivity index (χ1n) is 6.51. The van der Waals surface area contributed by atoms with Crippen molar-refractivity contribution in [2.24, 2.45) is 0 Å². The van der Waals surface area contributed by atoms with Gasteiger partial charge in [0.15, 0.2) is 0 Å². The average Bonchev–Trinajstić information content (AvgIpc) is 3.08. The Morgan fingerprint density at radius 2 is 1.67 bits per heavy atom. The van der Waals surface area contributed by atoms with E-state index in [0.717, 1.165) is 12.5 Å². The van der Waals surface area contributed by atoms with E-state index in [-0.39, 0.29) is 6.10 Å². The van der Waals surface area contributed by atoms with Crippen molar-refractivity contribution < 1.29 is 5.11 Å². The van der Waals surface area contributed by atoms with Gasteiger partial charge >= 0.3 is 0 Å². The minimum absolute atomic E-state index is 0.0635. The van der Waals surface area contributed by atoms with E-state index in [1.54, 1.807) is 0 Å². The molecule has 1 aliphatic heterocycles. The average molecular weight is 210 g/mol. The molecule has 2 N–H and O–H groups in total. The summed E-state index contributed by atoms with van der Waals surface area (Å²) >= 11 is 0. The summed E-state index contributed by atoms with van der Waals surface area (Å²) in [5.41, 5.74) is 0. The fraction of sp³-hybridized carbons (Fsp3) is 1.00. The second kappa shape index (κ2) is 4.04. The fourth-order valence-electron chi connectivity index (χ4n) is 2.85. The van der Waals surface area contributed by atoms with Crippen molar-refractivity contribution in [2.45, 2.75) is 62.8 Å². The Morgan fingerprint density at radius 3 is 2.13 bits per heavy atom. The zero-order valence-electron chi connectivity index (χ0n) is 9.36. The lowest BCUT2D eigenvalue weighted by atomic mass is 9.87. The quantitative estimate of drug-likeness (QED) is 0.721. The van der Waals surface area contributed by atoms with Crippen LogP contribution in [0, 0.1) is 0 Å². The predicted octanol–water partition coefficient (Wildman–Crippen LogP) is 0.726. The molecule has 86 valence electrons. The van der Waals surface area contributed by atoms with Gasteiger partial charge in [0.25, 0.3) is 0 Å². The number of aliphatic hydroxyl groups is 1. The highest BCUT2D eigenvalue weighted by atomic mass is 16.3. The maximum Gasteiger partial charge on any atom is 0.0693 e. The van der Waals surface area contributed by atoms with Crippen LogP contribution in [0.2, 0.25) is 0 Å². The number of likely N-dealkylation sites (tertiary alicyclic amines) is 1. The van der Waals surface area contributed by atoms with Crippen LogP contribution >= 0.6 is 0 Å². The molecular weight excluding hydrogens is 188 g/mol. The van der Waals surface area contributed by atoms with Crippen LogP contribution < -0.4 is 5.32 Å². The zero-order chi connectivity index (χ0) is 10.3. The Hall–Kier alpha value is -0.120. The lowest BCUT2D eigenvalue weighted by Gasteiger charge is -2.39. The van der Waals surface area contributed by atoms with E-state index >= 15 is 0 Å². The Kier molecular flexibility index (Phi) is 2.71. The van der Waals surface area contributed by atoms with Crippen LogP contribution in [0.5, 0.6) is 0 Å². The number of piperidine rings is 1. The molecule has 15 heavy (non-hydrogen) atoms. The largest absolute Gasteiger partial charge is 0.392 e. The molecule has 0 aromatic heterocycles. The minimum atomic E-state index is -0.0635. The molecule has 1 heterocycles. The maximum absolute atomic E-state index is 9.52. The fourth-order valence-corrected chi connectivity index (χ4v) is 2.85. The van der Waals surface area contributed by atoms with Gasteiger partial charge in [-0.2, -0.15) is 0 Å². The number of nitrogens with zero attached hydrogens (tertiary/aromatic N) is 1. The molecule has 2 unspecified atom stereocenters. The number of nitrogens with one attached hydrogen (secondary N) is 1. The molecule has 0 spiro atoms. The number of rotatable bonds is 3. The number of hydrogen-bond donors (Lipinski definition) is 2. The van der Waals surface area contributed by atoms with Crippen molar-refractivity contribution in [2.75, 3.05) is 13.1 Å². The van der Waals surface area contributed by atoms with E-state index in [2.05, 4.69) is 10.2 Å². The summed E-state index contributed by atoms with van der Waals surface area (Å²) in [6.07, 6.45) is 7.52. The van der Waals surface area contributed by atoms with Gasteiger partial charge in [0.1, 0.15) is 0 Å². The zero-order valence-corrected chi connectivity index (χ0v) is 9.36. The lowest BCUT2D eigenvalue weighted by molar-refractivity contribution is 0.0374. The normalized spacial score (nSPS) is 39.0. The van der Waals surface area contributed by atoms with Crippen LogP contribution in [0.3, 0.4) is 0 Å². The maximum atomic E-state index is 9.52. The summed E-state index contributed by atoms with van der Waals surface area (Å²) in [5.74, 6) is 0. The molecule has 0 amide bonds. The van der Waals surface area contributed by atoms with Crippen LogP contribution in [0.4, 0.5) is 0 Å². The molecule has 0 bridgehead atoms. The Morgan fingerprint density at radius 1 is 0.933 bits per heavy atom. The second-order valence-corrected chi connectivity index (χ2v) is 5.46. The van der Waals surface area contributed by atoms with Gasteiger partial charge in [0.05, 0.1) is 6.10 Å². The second-order valence-electron chi connectivity index (χ2n) is 5.46. The van der Waals surface area contributed by atoms with Gasteiger partial charge in [-0.25, -0.2) is 0 Å². The van der Waals surface area contributed by atoms with E-state index in [4.69, 9.17) is 0 Å². The van der Waals surface area contributed by atoms with E-state index in [1.807, 2.05) is 0 Å². The molecule has 3 rings (SSSR count). The van der Waals surface area contributed by atoms with Crippen LogP contribution in [-0.4, -0.2) is 47.3 Å². The van der Waals surface area contributed by atoms with Crippen molar-refractivity contribution in [1.82, 2.24) is 10.2 Å². The highest BCUT2D eigenvalue weighted by Crippen LogP contribution is 2.30. The van der Waals surface area contributed by atoms with Crippen LogP contribution in [0.15, 0.2) is 0 Å². The summed E-state index contributed by atoms with van der Waals surface area (Å²) in [6.45, 7) is 2.54. The van der Waals surface area contributed by atoms with Gasteiger partial charge < -0.3 is 15.3 Å². The predicted molar refractivity (Wildman–Crippen MR) is 59.8 cm³/mol. The molecule has 2 aliphatic carbocycles. The van der Waals surface area contributed by atoms with Gasteiger partial charge in [-0.15, -0.1) is 0 Å². The SMILES string of the molecule is OC1CCC1NC1CCN(C2CC2)CC1. The molecule has 3 heteroatoms. The third-order valence-electron chi connectivity index (χ3n) is 4.28. The Balaban J connectivity index is 1.41. The van der Waals surface area contributed by atoms with Crippen LogP contribution in [0.1, 0.15) is 38.5 Å². The van der Waals surface area contributed by atoms with Gasteiger partial charge in [-0.3, -0.25) is 0 Å². The van der Waals surface area contributed by atoms with E-state index in [0.29, 0.717) is 12.1 Å². The smallest absolute Gasteiger partial charge is 0.0693 e. The minimum Gasteiger partial charge on any atom is -0.392 e. The molecule has 3 aliphatic rings. The summed E-state index contributed by atoms with van der Waals surface area (Å²) < 4.78 is 0. The first-order chi connectivity index (χ1) is 7.33. The molecule has 0 radical (unpaired) electrons. The first kappa shape index (κ1) is 10.1. The monoisotopic (exact) mass is 210 g/mol. The highest BCUT2D eigenvalue weighted by molar-refractivity contribution is 4.93. The lowest BCUT2D eigenvalue weighted by Crippen LogP contribution is -2.54. The molecule has 0 aromatic rings. The summed E-state index contributed by atoms with van der Waals surface area (Å²) in [6, 6.07) is 2.00. The standard InChI is InChI=1S/C12H22N2O/c15-12-4-3-11(12)13-9-5-7-14(8-6-9)10-1-2-10/h9-13,15H,1-8H2. The molecular formula is C12H22N2O. The Labute approximate surface area is 91.8 Å². The molecule has 2 saturated carbocycles. The van der Waals surface area contributed by atoms with Crippen LogP contribution in [0.25, 0.3) is 0 Å². The van der Waals surface area contributed by atoms with Crippen molar-refractivity contribution in [1.29, 1.82) is 0 Å². The van der Waals surface area contributed by atoms with E-state index in [9.17, 15) is 5.11 Å². The third-order valence-corrected chi connectivity index (χ3v) is 4.28. The molecule has 0 aromatic carbocycles. The number of aliphatic hydroxyl groups excluding tert-OH is 1. The van der Waals surface area contributed by atoms with Crippen molar-refractivity contribution in [3.8, 4) is 0 Å². The molecule has 3 fully saturated rings.